The predicted octanol–water partition coefficient (Wildman–Crippen LogP) is 1.71. The summed E-state index contributed by atoms with van der Waals surface area (Å²) >= 11 is 0. The van der Waals surface area contributed by atoms with Crippen LogP contribution in [0.2, 0.25) is 0 Å². The molecule has 2 aromatic heterocycles. The van der Waals surface area contributed by atoms with E-state index in [0.29, 0.717) is 30.5 Å². The normalized spacial score (nSPS) is 20.6. The Morgan fingerprint density at radius 1 is 1.41 bits per heavy atom. The van der Waals surface area contributed by atoms with E-state index in [2.05, 4.69) is 39.4 Å². The monoisotopic (exact) mass is 375 g/mol. The number of amides is 1. The zero-order valence-corrected chi connectivity index (χ0v) is 16.8. The summed E-state index contributed by atoms with van der Waals surface area (Å²) in [4.78, 5) is 16.9. The minimum atomic E-state index is -0.423. The van der Waals surface area contributed by atoms with Gasteiger partial charge in [0.15, 0.2) is 11.5 Å². The number of likely N-dealkylation sites (tertiary alicyclic amines) is 1. The van der Waals surface area contributed by atoms with Crippen molar-refractivity contribution >= 4 is 5.91 Å². The average molecular weight is 375 g/mol. The Bertz CT molecular complexity index is 782. The summed E-state index contributed by atoms with van der Waals surface area (Å²) in [6.45, 7) is 8.14. The quantitative estimate of drug-likeness (QED) is 0.759. The molecule has 27 heavy (non-hydrogen) atoms. The topological polar surface area (TPSA) is 93.2 Å². The van der Waals surface area contributed by atoms with Gasteiger partial charge in [-0.1, -0.05) is 19.0 Å². The molecule has 1 atom stereocenters. The van der Waals surface area contributed by atoms with Crippen LogP contribution in [0.1, 0.15) is 55.2 Å². The van der Waals surface area contributed by atoms with Gasteiger partial charge in [0, 0.05) is 25.7 Å². The predicted molar refractivity (Wildman–Crippen MR) is 99.0 cm³/mol. The molecule has 1 aliphatic rings. The molecule has 0 radical (unpaired) electrons. The van der Waals surface area contributed by atoms with Gasteiger partial charge in [0.05, 0.1) is 0 Å². The molecule has 3 rings (SSSR count). The maximum absolute atomic E-state index is 12.9. The van der Waals surface area contributed by atoms with Gasteiger partial charge in [-0.3, -0.25) is 9.69 Å². The lowest BCUT2D eigenvalue weighted by Crippen LogP contribution is -2.56. The molecule has 1 amide bonds. The van der Waals surface area contributed by atoms with Gasteiger partial charge in [0.25, 0.3) is 5.91 Å². The van der Waals surface area contributed by atoms with E-state index in [1.54, 1.807) is 13.0 Å². The minimum Gasteiger partial charge on any atom is -0.361 e. The molecular formula is C18H29N7O2. The van der Waals surface area contributed by atoms with E-state index in [1.807, 2.05) is 23.7 Å². The van der Waals surface area contributed by atoms with Crippen LogP contribution in [-0.2, 0) is 12.1 Å². The fraction of sp³-hybridized carbons (Fsp3) is 0.722. The van der Waals surface area contributed by atoms with Crippen molar-refractivity contribution < 1.29 is 9.32 Å². The van der Waals surface area contributed by atoms with Crippen LogP contribution in [0.25, 0.3) is 0 Å². The number of likely N-dealkylation sites (N-methyl/N-ethyl adjacent to an activating group) is 1. The number of piperidine rings is 1. The third-order valence-corrected chi connectivity index (χ3v) is 5.33. The first-order valence-electron chi connectivity index (χ1n) is 9.50. The van der Waals surface area contributed by atoms with Gasteiger partial charge in [-0.2, -0.15) is 0 Å². The number of hydrogen-bond acceptors (Lipinski definition) is 7. The van der Waals surface area contributed by atoms with Crippen LogP contribution in [0.4, 0.5) is 0 Å². The molecule has 0 saturated carbocycles. The zero-order chi connectivity index (χ0) is 19.6. The molecular weight excluding hydrogens is 346 g/mol. The number of rotatable bonds is 6. The van der Waals surface area contributed by atoms with Gasteiger partial charge in [-0.15, -0.1) is 5.10 Å². The maximum atomic E-state index is 12.9. The highest BCUT2D eigenvalue weighted by molar-refractivity contribution is 5.92. The first-order valence-corrected chi connectivity index (χ1v) is 9.50. The summed E-state index contributed by atoms with van der Waals surface area (Å²) in [5.41, 5.74) is -0.0749. The van der Waals surface area contributed by atoms with Crippen LogP contribution in [0.15, 0.2) is 10.6 Å². The highest BCUT2D eigenvalue weighted by Crippen LogP contribution is 2.35. The van der Waals surface area contributed by atoms with Crippen LogP contribution >= 0.6 is 0 Å². The third-order valence-electron chi connectivity index (χ3n) is 5.33. The Labute approximate surface area is 159 Å². The van der Waals surface area contributed by atoms with Gasteiger partial charge in [-0.05, 0) is 56.6 Å². The SMILES string of the molecule is Cc1cc(C(=O)N2CCCC(c3nnnn3CCC(C)C)(N(C)C)C2)no1. The Morgan fingerprint density at radius 3 is 2.81 bits per heavy atom. The Hall–Kier alpha value is -2.29. The fourth-order valence-electron chi connectivity index (χ4n) is 3.66. The van der Waals surface area contributed by atoms with Crippen LogP contribution in [0.3, 0.4) is 0 Å². The first-order chi connectivity index (χ1) is 12.8. The number of carbonyl (C=O) groups excluding carboxylic acids is 1. The van der Waals surface area contributed by atoms with E-state index in [4.69, 9.17) is 4.52 Å². The number of nitrogens with zero attached hydrogens (tertiary/aromatic N) is 7. The van der Waals surface area contributed by atoms with Crippen molar-refractivity contribution in [3.8, 4) is 0 Å². The molecule has 1 aliphatic heterocycles. The van der Waals surface area contributed by atoms with Crippen molar-refractivity contribution in [2.75, 3.05) is 27.2 Å². The minimum absolute atomic E-state index is 0.112. The van der Waals surface area contributed by atoms with Crippen molar-refractivity contribution in [1.82, 2.24) is 35.2 Å². The van der Waals surface area contributed by atoms with Crippen LogP contribution in [0, 0.1) is 12.8 Å². The largest absolute Gasteiger partial charge is 0.361 e. The fourth-order valence-corrected chi connectivity index (χ4v) is 3.66. The number of aromatic nitrogens is 5. The molecule has 0 bridgehead atoms. The summed E-state index contributed by atoms with van der Waals surface area (Å²) in [5.74, 6) is 1.91. The molecule has 1 saturated heterocycles. The second-order valence-electron chi connectivity index (χ2n) is 7.99. The van der Waals surface area contributed by atoms with Gasteiger partial charge >= 0.3 is 0 Å². The zero-order valence-electron chi connectivity index (χ0n) is 16.8. The van der Waals surface area contributed by atoms with Crippen molar-refractivity contribution in [3.63, 3.8) is 0 Å². The molecule has 148 valence electrons. The summed E-state index contributed by atoms with van der Waals surface area (Å²) in [7, 11) is 4.05. The molecule has 0 N–H and O–H groups in total. The summed E-state index contributed by atoms with van der Waals surface area (Å²) in [5, 5.41) is 16.4. The molecule has 0 spiro atoms. The van der Waals surface area contributed by atoms with E-state index in [-0.39, 0.29) is 5.91 Å². The maximum Gasteiger partial charge on any atom is 0.276 e. The summed E-state index contributed by atoms with van der Waals surface area (Å²) < 4.78 is 6.97. The van der Waals surface area contributed by atoms with Crippen molar-refractivity contribution in [2.45, 2.75) is 52.1 Å². The molecule has 9 nitrogen and oxygen atoms in total. The third kappa shape index (κ3) is 3.87. The lowest BCUT2D eigenvalue weighted by Gasteiger charge is -2.45. The lowest BCUT2D eigenvalue weighted by atomic mass is 9.86. The number of aryl methyl sites for hydroxylation is 2. The van der Waals surface area contributed by atoms with Crippen molar-refractivity contribution in [1.29, 1.82) is 0 Å². The number of hydrogen-bond donors (Lipinski definition) is 0. The average Bonchev–Trinajstić information content (AvgIpc) is 3.28. The summed E-state index contributed by atoms with van der Waals surface area (Å²) in [6.07, 6.45) is 2.77. The van der Waals surface area contributed by atoms with Gasteiger partial charge in [0.1, 0.15) is 11.3 Å². The molecule has 1 fully saturated rings. The highest BCUT2D eigenvalue weighted by atomic mass is 16.5. The van der Waals surface area contributed by atoms with Crippen LogP contribution < -0.4 is 0 Å². The highest BCUT2D eigenvalue weighted by Gasteiger charge is 2.45. The van der Waals surface area contributed by atoms with E-state index < -0.39 is 5.54 Å². The van der Waals surface area contributed by atoms with Crippen LogP contribution in [-0.4, -0.2) is 68.3 Å². The number of tetrazole rings is 1. The second kappa shape index (κ2) is 7.75. The molecule has 0 aliphatic carbocycles. The number of carbonyl (C=O) groups is 1. The Kier molecular flexibility index (Phi) is 5.59. The molecule has 3 heterocycles. The van der Waals surface area contributed by atoms with Crippen molar-refractivity contribution in [3.05, 3.63) is 23.3 Å². The summed E-state index contributed by atoms with van der Waals surface area (Å²) in [6, 6.07) is 1.68. The smallest absolute Gasteiger partial charge is 0.276 e. The van der Waals surface area contributed by atoms with E-state index >= 15 is 0 Å². The van der Waals surface area contributed by atoms with Crippen molar-refractivity contribution in [2.24, 2.45) is 5.92 Å². The van der Waals surface area contributed by atoms with E-state index in [1.165, 1.54) is 0 Å². The molecule has 1 unspecified atom stereocenters. The van der Waals surface area contributed by atoms with Gasteiger partial charge in [-0.25, -0.2) is 4.68 Å². The Balaban J connectivity index is 1.88. The molecule has 0 aromatic carbocycles. The first kappa shape index (κ1) is 19.5. The standard InChI is InChI=1S/C18H29N7O2/c1-13(2)7-10-25-17(19-21-22-25)18(23(4)5)8-6-9-24(12-18)16(26)15-11-14(3)27-20-15/h11,13H,6-10,12H2,1-5H3. The second-order valence-corrected chi connectivity index (χ2v) is 7.99. The van der Waals surface area contributed by atoms with E-state index in [9.17, 15) is 4.79 Å². The molecule has 9 heteroatoms. The van der Waals surface area contributed by atoms with E-state index in [0.717, 1.165) is 31.6 Å². The lowest BCUT2D eigenvalue weighted by molar-refractivity contribution is 0.0250. The molecule has 2 aromatic rings. The Morgan fingerprint density at radius 2 is 2.19 bits per heavy atom. The van der Waals surface area contributed by atoms with Crippen LogP contribution in [0.5, 0.6) is 0 Å². The van der Waals surface area contributed by atoms with Gasteiger partial charge < -0.3 is 9.42 Å². The van der Waals surface area contributed by atoms with Gasteiger partial charge in [0.2, 0.25) is 0 Å².